The van der Waals surface area contributed by atoms with Gasteiger partial charge in [0.2, 0.25) is 0 Å². The van der Waals surface area contributed by atoms with Crippen molar-refractivity contribution < 1.29 is 4.79 Å². The fourth-order valence-electron chi connectivity index (χ4n) is 4.91. The Balaban J connectivity index is 1.47. The van der Waals surface area contributed by atoms with Gasteiger partial charge in [-0.2, -0.15) is 5.10 Å². The van der Waals surface area contributed by atoms with Gasteiger partial charge in [0.25, 0.3) is 5.91 Å². The van der Waals surface area contributed by atoms with E-state index in [1.165, 1.54) is 0 Å². The van der Waals surface area contributed by atoms with Crippen LogP contribution in [0, 0.1) is 13.8 Å². The Bertz CT molecular complexity index is 1170. The van der Waals surface area contributed by atoms with E-state index in [4.69, 9.17) is 27.4 Å². The van der Waals surface area contributed by atoms with Crippen LogP contribution >= 0.6 is 11.6 Å². The van der Waals surface area contributed by atoms with Gasteiger partial charge in [-0.15, -0.1) is 0 Å². The molecule has 32 heavy (non-hydrogen) atoms. The predicted molar refractivity (Wildman–Crippen MR) is 126 cm³/mol. The lowest BCUT2D eigenvalue weighted by Crippen LogP contribution is -2.38. The Kier molecular flexibility index (Phi) is 5.55. The number of anilines is 1. The molecule has 0 saturated carbocycles. The molecule has 0 spiro atoms. The molecule has 0 aliphatic carbocycles. The zero-order valence-electron chi connectivity index (χ0n) is 18.6. The maximum absolute atomic E-state index is 13.4. The van der Waals surface area contributed by atoms with Crippen molar-refractivity contribution in [2.75, 3.05) is 24.5 Å². The summed E-state index contributed by atoms with van der Waals surface area (Å²) < 4.78 is 1.84. The van der Waals surface area contributed by atoms with E-state index in [9.17, 15) is 4.79 Å². The van der Waals surface area contributed by atoms with Gasteiger partial charge in [-0.1, -0.05) is 11.6 Å². The van der Waals surface area contributed by atoms with E-state index in [-0.39, 0.29) is 18.0 Å². The fraction of sp³-hybridized carbons (Fsp3) is 0.458. The third-order valence-corrected chi connectivity index (χ3v) is 7.08. The second-order valence-electron chi connectivity index (χ2n) is 9.09. The van der Waals surface area contributed by atoms with Gasteiger partial charge in [0, 0.05) is 54.1 Å². The SMILES string of the molecule is Cc1cc(C(=O)N2CCCC[C@H]2c2cc3nc(N4CC[C@H](N)C4)c(C)cn3n2)ccc1Cl. The number of fused-ring (bicyclic) bond motifs is 1. The van der Waals surface area contributed by atoms with E-state index >= 15 is 0 Å². The standard InChI is InChI=1S/C24H29ClN6O/c1-15-11-17(6-7-19(15)25)24(32)30-9-4-3-5-21(30)20-12-22-27-23(16(2)13-31(22)28-20)29-10-8-18(26)14-29/h6-7,11-13,18,21H,3-5,8-10,14,26H2,1-2H3/t18-,21-/m0/s1. The Morgan fingerprint density at radius 1 is 1.12 bits per heavy atom. The molecule has 7 nitrogen and oxygen atoms in total. The second-order valence-corrected chi connectivity index (χ2v) is 9.50. The van der Waals surface area contributed by atoms with E-state index < -0.39 is 0 Å². The molecule has 0 unspecified atom stereocenters. The summed E-state index contributed by atoms with van der Waals surface area (Å²) in [6.07, 6.45) is 5.99. The van der Waals surface area contributed by atoms with Crippen molar-refractivity contribution in [2.24, 2.45) is 5.73 Å². The first-order valence-corrected chi connectivity index (χ1v) is 11.7. The third kappa shape index (κ3) is 3.84. The Morgan fingerprint density at radius 2 is 1.97 bits per heavy atom. The molecule has 168 valence electrons. The van der Waals surface area contributed by atoms with Gasteiger partial charge in [0.1, 0.15) is 5.82 Å². The average Bonchev–Trinajstić information content (AvgIpc) is 3.40. The first-order valence-electron chi connectivity index (χ1n) is 11.4. The minimum absolute atomic E-state index is 0.0300. The second kappa shape index (κ2) is 8.37. The summed E-state index contributed by atoms with van der Waals surface area (Å²) >= 11 is 6.17. The van der Waals surface area contributed by atoms with Gasteiger partial charge in [0.15, 0.2) is 5.65 Å². The summed E-state index contributed by atoms with van der Waals surface area (Å²) in [5, 5.41) is 5.51. The highest BCUT2D eigenvalue weighted by Crippen LogP contribution is 2.33. The molecule has 0 radical (unpaired) electrons. The van der Waals surface area contributed by atoms with Gasteiger partial charge >= 0.3 is 0 Å². The van der Waals surface area contributed by atoms with Crippen molar-refractivity contribution in [2.45, 2.75) is 51.6 Å². The smallest absolute Gasteiger partial charge is 0.254 e. The molecule has 2 aliphatic heterocycles. The van der Waals surface area contributed by atoms with Crippen molar-refractivity contribution in [3.8, 4) is 0 Å². The van der Waals surface area contributed by atoms with Crippen molar-refractivity contribution >= 4 is 29.0 Å². The predicted octanol–water partition coefficient (Wildman–Crippen LogP) is 3.90. The molecule has 2 N–H and O–H groups in total. The number of piperidine rings is 1. The molecular formula is C24H29ClN6O. The fourth-order valence-corrected chi connectivity index (χ4v) is 5.03. The van der Waals surface area contributed by atoms with E-state index in [0.717, 1.165) is 73.6 Å². The van der Waals surface area contributed by atoms with Crippen LogP contribution in [0.1, 0.15) is 58.9 Å². The maximum Gasteiger partial charge on any atom is 0.254 e. The number of carbonyl (C=O) groups excluding carboxylic acids is 1. The molecule has 2 aliphatic rings. The Hall–Kier alpha value is -2.64. The number of benzene rings is 1. The van der Waals surface area contributed by atoms with Crippen molar-refractivity contribution in [1.29, 1.82) is 0 Å². The average molecular weight is 453 g/mol. The normalized spacial score (nSPS) is 21.5. The number of carbonyl (C=O) groups is 1. The van der Waals surface area contributed by atoms with Crippen molar-refractivity contribution in [3.63, 3.8) is 0 Å². The molecule has 1 aromatic carbocycles. The number of aryl methyl sites for hydroxylation is 2. The molecule has 2 aromatic heterocycles. The van der Waals surface area contributed by atoms with Gasteiger partial charge in [-0.25, -0.2) is 9.50 Å². The first-order chi connectivity index (χ1) is 15.4. The highest BCUT2D eigenvalue weighted by atomic mass is 35.5. The summed E-state index contributed by atoms with van der Waals surface area (Å²) in [7, 11) is 0. The largest absolute Gasteiger partial charge is 0.355 e. The van der Waals surface area contributed by atoms with Crippen LogP contribution in [-0.2, 0) is 0 Å². The molecule has 2 atom stereocenters. The van der Waals surface area contributed by atoms with Gasteiger partial charge in [-0.05, 0) is 63.3 Å². The van der Waals surface area contributed by atoms with Crippen LogP contribution in [0.4, 0.5) is 5.82 Å². The lowest BCUT2D eigenvalue weighted by Gasteiger charge is -2.34. The third-order valence-electron chi connectivity index (χ3n) is 6.66. The number of nitrogens with zero attached hydrogens (tertiary/aromatic N) is 5. The lowest BCUT2D eigenvalue weighted by molar-refractivity contribution is 0.0605. The quantitative estimate of drug-likeness (QED) is 0.651. The summed E-state index contributed by atoms with van der Waals surface area (Å²) in [5.74, 6) is 1.01. The van der Waals surface area contributed by atoms with Gasteiger partial charge in [0.05, 0.1) is 11.7 Å². The van der Waals surface area contributed by atoms with Crippen LogP contribution in [0.3, 0.4) is 0 Å². The van der Waals surface area contributed by atoms with E-state index in [0.29, 0.717) is 10.6 Å². The highest BCUT2D eigenvalue weighted by Gasteiger charge is 2.31. The number of aromatic nitrogens is 3. The lowest BCUT2D eigenvalue weighted by atomic mass is 9.98. The van der Waals surface area contributed by atoms with Crippen LogP contribution in [0.25, 0.3) is 5.65 Å². The Labute approximate surface area is 193 Å². The van der Waals surface area contributed by atoms with Crippen LogP contribution in [0.2, 0.25) is 5.02 Å². The number of halogens is 1. The van der Waals surface area contributed by atoms with E-state index in [1.807, 2.05) is 40.7 Å². The molecule has 5 rings (SSSR count). The molecule has 8 heteroatoms. The van der Waals surface area contributed by atoms with Crippen LogP contribution in [-0.4, -0.2) is 51.1 Å². The number of hydrogen-bond acceptors (Lipinski definition) is 5. The van der Waals surface area contributed by atoms with Crippen LogP contribution in [0.15, 0.2) is 30.5 Å². The van der Waals surface area contributed by atoms with Crippen molar-refractivity contribution in [3.05, 3.63) is 57.9 Å². The van der Waals surface area contributed by atoms with Gasteiger partial charge in [-0.3, -0.25) is 4.79 Å². The molecule has 4 heterocycles. The number of nitrogens with two attached hydrogens (primary N) is 1. The highest BCUT2D eigenvalue weighted by molar-refractivity contribution is 6.31. The maximum atomic E-state index is 13.4. The molecule has 3 aromatic rings. The monoisotopic (exact) mass is 452 g/mol. The number of likely N-dealkylation sites (tertiary alicyclic amines) is 1. The first kappa shape index (κ1) is 21.2. The molecular weight excluding hydrogens is 424 g/mol. The minimum Gasteiger partial charge on any atom is -0.355 e. The van der Waals surface area contributed by atoms with Crippen LogP contribution in [0.5, 0.6) is 0 Å². The molecule has 0 bridgehead atoms. The Morgan fingerprint density at radius 3 is 2.72 bits per heavy atom. The number of rotatable bonds is 3. The topological polar surface area (TPSA) is 79.8 Å². The number of amides is 1. The summed E-state index contributed by atoms with van der Waals surface area (Å²) in [6, 6.07) is 7.65. The summed E-state index contributed by atoms with van der Waals surface area (Å²) in [6.45, 7) is 6.47. The van der Waals surface area contributed by atoms with E-state index in [2.05, 4.69) is 11.8 Å². The zero-order chi connectivity index (χ0) is 22.4. The number of hydrogen-bond donors (Lipinski definition) is 1. The van der Waals surface area contributed by atoms with Crippen molar-refractivity contribution in [1.82, 2.24) is 19.5 Å². The zero-order valence-corrected chi connectivity index (χ0v) is 19.3. The van der Waals surface area contributed by atoms with Crippen LogP contribution < -0.4 is 10.6 Å². The summed E-state index contributed by atoms with van der Waals surface area (Å²) in [5.41, 5.74) is 10.5. The minimum atomic E-state index is -0.0575. The van der Waals surface area contributed by atoms with E-state index in [1.54, 1.807) is 6.07 Å². The van der Waals surface area contributed by atoms with Gasteiger partial charge < -0.3 is 15.5 Å². The molecule has 2 fully saturated rings. The molecule has 2 saturated heterocycles. The summed E-state index contributed by atoms with van der Waals surface area (Å²) in [4.78, 5) is 22.5. The molecule has 1 amide bonds.